The zero-order valence-corrected chi connectivity index (χ0v) is 8.10. The van der Waals surface area contributed by atoms with Gasteiger partial charge in [-0.15, -0.1) is 0 Å². The summed E-state index contributed by atoms with van der Waals surface area (Å²) in [6.07, 6.45) is 2.44. The van der Waals surface area contributed by atoms with Crippen LogP contribution in [0.1, 0.15) is 26.7 Å². The maximum atomic E-state index is 5.39. The van der Waals surface area contributed by atoms with Gasteiger partial charge in [-0.1, -0.05) is 13.8 Å². The summed E-state index contributed by atoms with van der Waals surface area (Å²) in [4.78, 5) is 0. The molecular weight excluding hydrogens is 150 g/mol. The zero-order valence-electron chi connectivity index (χ0n) is 8.10. The van der Waals surface area contributed by atoms with Gasteiger partial charge in [0.05, 0.1) is 0 Å². The van der Waals surface area contributed by atoms with Crippen molar-refractivity contribution in [3.05, 3.63) is 0 Å². The number of ether oxygens (including phenoxy) is 1. The van der Waals surface area contributed by atoms with Crippen LogP contribution in [0.4, 0.5) is 0 Å². The molecule has 2 saturated heterocycles. The van der Waals surface area contributed by atoms with Crippen LogP contribution in [0.2, 0.25) is 0 Å². The van der Waals surface area contributed by atoms with Gasteiger partial charge in [0.1, 0.15) is 0 Å². The first kappa shape index (κ1) is 8.52. The SMILES string of the molecule is CC(C)[C@H]1CNC12CCOCC2. The van der Waals surface area contributed by atoms with E-state index in [2.05, 4.69) is 19.2 Å². The topological polar surface area (TPSA) is 21.3 Å². The van der Waals surface area contributed by atoms with Crippen molar-refractivity contribution in [2.75, 3.05) is 19.8 Å². The average Bonchev–Trinajstić information content (AvgIpc) is 2.03. The fourth-order valence-electron chi connectivity index (χ4n) is 2.67. The lowest BCUT2D eigenvalue weighted by Gasteiger charge is -2.54. The molecule has 0 aromatic carbocycles. The Bertz CT molecular complexity index is 161. The lowest BCUT2D eigenvalue weighted by molar-refractivity contribution is -0.0442. The van der Waals surface area contributed by atoms with Gasteiger partial charge in [-0.3, -0.25) is 0 Å². The van der Waals surface area contributed by atoms with Crippen LogP contribution in [0.5, 0.6) is 0 Å². The van der Waals surface area contributed by atoms with E-state index < -0.39 is 0 Å². The molecular formula is C10H19NO. The van der Waals surface area contributed by atoms with Crippen molar-refractivity contribution < 1.29 is 4.74 Å². The summed E-state index contributed by atoms with van der Waals surface area (Å²) in [7, 11) is 0. The molecule has 2 aliphatic rings. The molecule has 0 amide bonds. The number of rotatable bonds is 1. The minimum atomic E-state index is 0.465. The van der Waals surface area contributed by atoms with Crippen molar-refractivity contribution in [3.63, 3.8) is 0 Å². The Labute approximate surface area is 74.7 Å². The normalized spacial score (nSPS) is 33.8. The third-order valence-electron chi connectivity index (χ3n) is 3.57. The fraction of sp³-hybridized carbons (Fsp3) is 1.00. The first-order valence-corrected chi connectivity index (χ1v) is 5.07. The number of hydrogen-bond acceptors (Lipinski definition) is 2. The van der Waals surface area contributed by atoms with Gasteiger partial charge in [0.2, 0.25) is 0 Å². The van der Waals surface area contributed by atoms with Gasteiger partial charge >= 0.3 is 0 Å². The van der Waals surface area contributed by atoms with Crippen LogP contribution in [-0.4, -0.2) is 25.3 Å². The molecule has 0 aliphatic carbocycles. The molecule has 1 spiro atoms. The molecule has 1 N–H and O–H groups in total. The van der Waals surface area contributed by atoms with E-state index in [1.54, 1.807) is 0 Å². The molecule has 70 valence electrons. The van der Waals surface area contributed by atoms with Crippen LogP contribution in [0, 0.1) is 11.8 Å². The van der Waals surface area contributed by atoms with Gasteiger partial charge in [-0.2, -0.15) is 0 Å². The monoisotopic (exact) mass is 169 g/mol. The molecule has 12 heavy (non-hydrogen) atoms. The van der Waals surface area contributed by atoms with Crippen molar-refractivity contribution in [2.45, 2.75) is 32.2 Å². The van der Waals surface area contributed by atoms with E-state index in [1.165, 1.54) is 19.4 Å². The van der Waals surface area contributed by atoms with E-state index in [9.17, 15) is 0 Å². The smallest absolute Gasteiger partial charge is 0.0483 e. The second-order valence-electron chi connectivity index (χ2n) is 4.50. The Kier molecular flexibility index (Phi) is 2.13. The molecule has 2 rings (SSSR count). The van der Waals surface area contributed by atoms with Crippen LogP contribution >= 0.6 is 0 Å². The van der Waals surface area contributed by atoms with Crippen molar-refractivity contribution in [2.24, 2.45) is 11.8 Å². The summed E-state index contributed by atoms with van der Waals surface area (Å²) in [6, 6.07) is 0. The van der Waals surface area contributed by atoms with E-state index in [1.807, 2.05) is 0 Å². The van der Waals surface area contributed by atoms with Gasteiger partial charge in [0.15, 0.2) is 0 Å². The Morgan fingerprint density at radius 2 is 2.00 bits per heavy atom. The number of hydrogen-bond donors (Lipinski definition) is 1. The van der Waals surface area contributed by atoms with Crippen LogP contribution in [0.25, 0.3) is 0 Å². The molecule has 0 saturated carbocycles. The second kappa shape index (κ2) is 3.00. The highest BCUT2D eigenvalue weighted by Crippen LogP contribution is 2.39. The third kappa shape index (κ3) is 1.17. The van der Waals surface area contributed by atoms with Crippen molar-refractivity contribution in [3.8, 4) is 0 Å². The lowest BCUT2D eigenvalue weighted by Crippen LogP contribution is -2.68. The van der Waals surface area contributed by atoms with Crippen molar-refractivity contribution >= 4 is 0 Å². The van der Waals surface area contributed by atoms with Crippen molar-refractivity contribution in [1.29, 1.82) is 0 Å². The quantitative estimate of drug-likeness (QED) is 0.641. The van der Waals surface area contributed by atoms with E-state index >= 15 is 0 Å². The highest BCUT2D eigenvalue weighted by atomic mass is 16.5. The predicted molar refractivity (Wildman–Crippen MR) is 49.1 cm³/mol. The largest absolute Gasteiger partial charge is 0.381 e. The minimum absolute atomic E-state index is 0.465. The van der Waals surface area contributed by atoms with Gasteiger partial charge in [0, 0.05) is 25.3 Å². The highest BCUT2D eigenvalue weighted by Gasteiger charge is 2.47. The molecule has 2 aliphatic heterocycles. The summed E-state index contributed by atoms with van der Waals surface area (Å²) in [5.41, 5.74) is 0.465. The standard InChI is InChI=1S/C10H19NO/c1-8(2)9-7-11-10(9)3-5-12-6-4-10/h8-9,11H,3-7H2,1-2H3/t9-/m1/s1. The molecule has 0 bridgehead atoms. The van der Waals surface area contributed by atoms with Crippen molar-refractivity contribution in [1.82, 2.24) is 5.32 Å². The summed E-state index contributed by atoms with van der Waals surface area (Å²) in [5, 5.41) is 3.61. The molecule has 2 heteroatoms. The highest BCUT2D eigenvalue weighted by molar-refractivity contribution is 5.05. The number of nitrogens with one attached hydrogen (secondary N) is 1. The first-order valence-electron chi connectivity index (χ1n) is 5.07. The van der Waals surface area contributed by atoms with Crippen LogP contribution in [-0.2, 0) is 4.74 Å². The summed E-state index contributed by atoms with van der Waals surface area (Å²) in [6.45, 7) is 7.80. The lowest BCUT2D eigenvalue weighted by atomic mass is 9.66. The molecule has 0 aromatic heterocycles. The molecule has 2 nitrogen and oxygen atoms in total. The summed E-state index contributed by atoms with van der Waals surface area (Å²) < 4.78 is 5.39. The van der Waals surface area contributed by atoms with Crippen LogP contribution in [0.15, 0.2) is 0 Å². The zero-order chi connectivity index (χ0) is 8.60. The van der Waals surface area contributed by atoms with Crippen LogP contribution in [0.3, 0.4) is 0 Å². The fourth-order valence-corrected chi connectivity index (χ4v) is 2.67. The predicted octanol–water partition coefficient (Wildman–Crippen LogP) is 1.41. The van der Waals surface area contributed by atoms with Gasteiger partial charge in [0.25, 0.3) is 0 Å². The maximum Gasteiger partial charge on any atom is 0.0483 e. The van der Waals surface area contributed by atoms with E-state index in [0.29, 0.717) is 5.54 Å². The molecule has 0 aromatic rings. The summed E-state index contributed by atoms with van der Waals surface area (Å²) >= 11 is 0. The second-order valence-corrected chi connectivity index (χ2v) is 4.50. The Hall–Kier alpha value is -0.0800. The van der Waals surface area contributed by atoms with E-state index in [-0.39, 0.29) is 0 Å². The molecule has 2 fully saturated rings. The maximum absolute atomic E-state index is 5.39. The van der Waals surface area contributed by atoms with E-state index in [0.717, 1.165) is 25.0 Å². The molecule has 1 atom stereocenters. The van der Waals surface area contributed by atoms with Crippen LogP contribution < -0.4 is 5.32 Å². The molecule has 2 heterocycles. The Morgan fingerprint density at radius 1 is 1.33 bits per heavy atom. The molecule has 0 radical (unpaired) electrons. The first-order chi connectivity index (χ1) is 5.75. The van der Waals surface area contributed by atoms with Gasteiger partial charge in [-0.05, 0) is 24.7 Å². The Morgan fingerprint density at radius 3 is 2.42 bits per heavy atom. The van der Waals surface area contributed by atoms with Gasteiger partial charge in [-0.25, -0.2) is 0 Å². The summed E-state index contributed by atoms with van der Waals surface area (Å²) in [5.74, 6) is 1.71. The average molecular weight is 169 g/mol. The van der Waals surface area contributed by atoms with E-state index in [4.69, 9.17) is 4.74 Å². The molecule has 0 unspecified atom stereocenters. The van der Waals surface area contributed by atoms with Gasteiger partial charge < -0.3 is 10.1 Å². The minimum Gasteiger partial charge on any atom is -0.381 e. The Balaban J connectivity index is 2.00. The third-order valence-corrected chi connectivity index (χ3v) is 3.57.